The van der Waals surface area contributed by atoms with Crippen molar-refractivity contribution >= 4 is 11.7 Å². The van der Waals surface area contributed by atoms with Crippen LogP contribution in [-0.4, -0.2) is 57.0 Å². The predicted octanol–water partition coefficient (Wildman–Crippen LogP) is 0.296. The highest BCUT2D eigenvalue weighted by molar-refractivity contribution is 5.85. The zero-order valence-electron chi connectivity index (χ0n) is 11.5. The van der Waals surface area contributed by atoms with Crippen LogP contribution in [0.3, 0.4) is 0 Å². The molecule has 0 aliphatic heterocycles. The number of Topliss-reactive ketones (excluding diaryl/α,β-unsaturated/α-hetero) is 1. The number of rotatable bonds is 7. The molecule has 1 N–H and O–H groups in total. The summed E-state index contributed by atoms with van der Waals surface area (Å²) in [5.41, 5.74) is -0.415. The monoisotopic (exact) mass is 244 g/mol. The maximum absolute atomic E-state index is 11.5. The van der Waals surface area contributed by atoms with Crippen LogP contribution in [0.5, 0.6) is 0 Å². The molecule has 0 bridgehead atoms. The molecule has 0 saturated heterocycles. The van der Waals surface area contributed by atoms with Gasteiger partial charge in [-0.25, -0.2) is 0 Å². The van der Waals surface area contributed by atoms with Crippen LogP contribution in [0.4, 0.5) is 0 Å². The second kappa shape index (κ2) is 7.40. The van der Waals surface area contributed by atoms with E-state index in [9.17, 15) is 9.59 Å². The van der Waals surface area contributed by atoms with E-state index in [0.717, 1.165) is 6.54 Å². The molecule has 0 aromatic heterocycles. The molecule has 0 heterocycles. The van der Waals surface area contributed by atoms with Gasteiger partial charge in [0.05, 0.1) is 0 Å². The van der Waals surface area contributed by atoms with Crippen LogP contribution in [0.15, 0.2) is 0 Å². The van der Waals surface area contributed by atoms with E-state index >= 15 is 0 Å². The Morgan fingerprint density at radius 3 is 2.24 bits per heavy atom. The fourth-order valence-corrected chi connectivity index (χ4v) is 0.923. The first kappa shape index (κ1) is 16.1. The van der Waals surface area contributed by atoms with Crippen molar-refractivity contribution in [1.82, 2.24) is 10.2 Å². The number of carbonyl (C=O) groups excluding carboxylic acids is 2. The molecular weight excluding hydrogens is 220 g/mol. The number of hydrogen-bond donors (Lipinski definition) is 1. The van der Waals surface area contributed by atoms with E-state index in [1.165, 1.54) is 0 Å². The van der Waals surface area contributed by atoms with Gasteiger partial charge >= 0.3 is 0 Å². The lowest BCUT2D eigenvalue weighted by atomic mass is 9.91. The van der Waals surface area contributed by atoms with Crippen LogP contribution < -0.4 is 5.32 Å². The van der Waals surface area contributed by atoms with E-state index in [4.69, 9.17) is 4.74 Å². The smallest absolute Gasteiger partial charge is 0.246 e. The number of carbonyl (C=O) groups is 2. The number of ketones is 1. The first-order valence-corrected chi connectivity index (χ1v) is 5.76. The molecule has 0 aliphatic carbocycles. The van der Waals surface area contributed by atoms with Gasteiger partial charge in [-0.3, -0.25) is 9.59 Å². The molecule has 17 heavy (non-hydrogen) atoms. The number of ether oxygens (including phenoxy) is 1. The van der Waals surface area contributed by atoms with Gasteiger partial charge in [-0.1, -0.05) is 20.8 Å². The van der Waals surface area contributed by atoms with Crippen molar-refractivity contribution in [2.75, 3.05) is 40.4 Å². The lowest BCUT2D eigenvalue weighted by molar-refractivity contribution is -0.134. The van der Waals surface area contributed by atoms with Crippen LogP contribution in [0.1, 0.15) is 20.8 Å². The topological polar surface area (TPSA) is 58.6 Å². The zero-order chi connectivity index (χ0) is 13.5. The van der Waals surface area contributed by atoms with E-state index < -0.39 is 5.41 Å². The summed E-state index contributed by atoms with van der Waals surface area (Å²) in [4.78, 5) is 24.8. The second-order valence-corrected chi connectivity index (χ2v) is 5.32. The van der Waals surface area contributed by atoms with Crippen molar-refractivity contribution < 1.29 is 14.3 Å². The molecule has 0 rings (SSSR count). The van der Waals surface area contributed by atoms with Gasteiger partial charge in [0.15, 0.2) is 5.78 Å². The van der Waals surface area contributed by atoms with Crippen molar-refractivity contribution in [1.29, 1.82) is 0 Å². The third-order valence-corrected chi connectivity index (χ3v) is 2.18. The molecule has 5 heteroatoms. The summed E-state index contributed by atoms with van der Waals surface area (Å²) in [6, 6.07) is 0. The molecule has 0 fully saturated rings. The van der Waals surface area contributed by atoms with Crippen molar-refractivity contribution in [2.45, 2.75) is 20.8 Å². The summed E-state index contributed by atoms with van der Waals surface area (Å²) in [7, 11) is 3.87. The highest BCUT2D eigenvalue weighted by atomic mass is 16.5. The molecule has 0 spiro atoms. The lowest BCUT2D eigenvalue weighted by Gasteiger charge is -2.16. The van der Waals surface area contributed by atoms with E-state index in [0.29, 0.717) is 6.54 Å². The Labute approximate surface area is 103 Å². The fraction of sp³-hybridized carbons (Fsp3) is 0.833. The third-order valence-electron chi connectivity index (χ3n) is 2.18. The summed E-state index contributed by atoms with van der Waals surface area (Å²) in [5.74, 6) is -0.188. The molecule has 0 atom stereocenters. The molecule has 1 amide bonds. The summed E-state index contributed by atoms with van der Waals surface area (Å²) < 4.78 is 5.07. The van der Waals surface area contributed by atoms with E-state index in [1.807, 2.05) is 39.8 Å². The number of nitrogens with one attached hydrogen (secondary N) is 1. The molecule has 0 radical (unpaired) electrons. The van der Waals surface area contributed by atoms with E-state index in [2.05, 4.69) is 5.32 Å². The normalized spacial score (nSPS) is 11.6. The van der Waals surface area contributed by atoms with Gasteiger partial charge in [-0.05, 0) is 14.1 Å². The van der Waals surface area contributed by atoms with Crippen LogP contribution in [0, 0.1) is 5.41 Å². The van der Waals surface area contributed by atoms with Crippen LogP contribution in [-0.2, 0) is 14.3 Å². The second-order valence-electron chi connectivity index (χ2n) is 5.32. The Balaban J connectivity index is 3.62. The molecule has 100 valence electrons. The maximum atomic E-state index is 11.5. The van der Waals surface area contributed by atoms with Gasteiger partial charge in [0, 0.05) is 18.5 Å². The Hall–Kier alpha value is -0.940. The molecule has 0 aromatic carbocycles. The van der Waals surface area contributed by atoms with Crippen molar-refractivity contribution in [2.24, 2.45) is 5.41 Å². The largest absolute Gasteiger partial charge is 0.364 e. The fourth-order valence-electron chi connectivity index (χ4n) is 0.923. The number of amides is 1. The minimum atomic E-state index is -0.415. The zero-order valence-corrected chi connectivity index (χ0v) is 11.5. The van der Waals surface area contributed by atoms with Crippen molar-refractivity contribution in [3.8, 4) is 0 Å². The highest BCUT2D eigenvalue weighted by Gasteiger charge is 2.21. The Bertz CT molecular complexity index is 257. The maximum Gasteiger partial charge on any atom is 0.246 e. The quantitative estimate of drug-likeness (QED) is 0.699. The first-order chi connectivity index (χ1) is 7.73. The summed E-state index contributed by atoms with van der Waals surface area (Å²) >= 11 is 0. The molecule has 0 unspecified atom stereocenters. The van der Waals surface area contributed by atoms with Crippen LogP contribution >= 0.6 is 0 Å². The van der Waals surface area contributed by atoms with Gasteiger partial charge in [0.1, 0.15) is 13.2 Å². The van der Waals surface area contributed by atoms with Gasteiger partial charge in [-0.15, -0.1) is 0 Å². The molecular formula is C12H24N2O3. The Morgan fingerprint density at radius 2 is 1.76 bits per heavy atom. The SMILES string of the molecule is CN(C)CCNC(=O)COCC(=O)C(C)(C)C. The Morgan fingerprint density at radius 1 is 1.18 bits per heavy atom. The van der Waals surface area contributed by atoms with Crippen molar-refractivity contribution in [3.63, 3.8) is 0 Å². The predicted molar refractivity (Wildman–Crippen MR) is 66.8 cm³/mol. The molecule has 5 nitrogen and oxygen atoms in total. The molecule has 0 aliphatic rings. The summed E-state index contributed by atoms with van der Waals surface area (Å²) in [5, 5.41) is 2.71. The summed E-state index contributed by atoms with van der Waals surface area (Å²) in [6.45, 7) is 6.79. The third kappa shape index (κ3) is 8.83. The van der Waals surface area contributed by atoms with Gasteiger partial charge in [-0.2, -0.15) is 0 Å². The minimum Gasteiger partial charge on any atom is -0.364 e. The number of likely N-dealkylation sites (N-methyl/N-ethyl adjacent to an activating group) is 1. The van der Waals surface area contributed by atoms with Crippen LogP contribution in [0.25, 0.3) is 0 Å². The van der Waals surface area contributed by atoms with Crippen molar-refractivity contribution in [3.05, 3.63) is 0 Å². The number of hydrogen-bond acceptors (Lipinski definition) is 4. The minimum absolute atomic E-state index is 0.00130. The van der Waals surface area contributed by atoms with Gasteiger partial charge in [0.2, 0.25) is 5.91 Å². The average molecular weight is 244 g/mol. The van der Waals surface area contributed by atoms with E-state index in [-0.39, 0.29) is 24.9 Å². The average Bonchev–Trinajstić information content (AvgIpc) is 2.15. The lowest BCUT2D eigenvalue weighted by Crippen LogP contribution is -2.34. The van der Waals surface area contributed by atoms with E-state index in [1.54, 1.807) is 0 Å². The highest BCUT2D eigenvalue weighted by Crippen LogP contribution is 2.14. The molecule has 0 aromatic rings. The molecule has 0 saturated carbocycles. The summed E-state index contributed by atoms with van der Waals surface area (Å²) in [6.07, 6.45) is 0. The first-order valence-electron chi connectivity index (χ1n) is 5.76. The van der Waals surface area contributed by atoms with Gasteiger partial charge in [0.25, 0.3) is 0 Å². The van der Waals surface area contributed by atoms with Gasteiger partial charge < -0.3 is 15.0 Å². The number of nitrogens with zero attached hydrogens (tertiary/aromatic N) is 1. The van der Waals surface area contributed by atoms with Crippen LogP contribution in [0.2, 0.25) is 0 Å². The Kier molecular flexibility index (Phi) is 6.99. The standard InChI is InChI=1S/C12H24N2O3/c1-12(2,3)10(15)8-17-9-11(16)13-6-7-14(4)5/h6-9H2,1-5H3,(H,13,16).